The molecule has 1 aliphatic heterocycles. The minimum atomic E-state index is 0. The van der Waals surface area contributed by atoms with Crippen molar-refractivity contribution in [2.45, 2.75) is 203 Å². The van der Waals surface area contributed by atoms with Gasteiger partial charge in [0.05, 0.1) is 0 Å². The van der Waals surface area contributed by atoms with Crippen LogP contribution in [0.3, 0.4) is 0 Å². The Balaban J connectivity index is 0.000000928. The van der Waals surface area contributed by atoms with Crippen molar-refractivity contribution in [2.75, 3.05) is 0 Å². The summed E-state index contributed by atoms with van der Waals surface area (Å²) in [5, 5.41) is 0. The quantitative estimate of drug-likeness (QED) is 0.0220. The predicted molar refractivity (Wildman–Crippen MR) is 275 cm³/mol. The largest absolute Gasteiger partial charge is 2.00 e. The monoisotopic (exact) mass is 903 g/mol. The van der Waals surface area contributed by atoms with E-state index >= 15 is 0 Å². The zero-order chi connectivity index (χ0) is 45.5. The topological polar surface area (TPSA) is 25.3 Å². The number of rotatable bonds is 24. The molecule has 0 aliphatic carbocycles. The van der Waals surface area contributed by atoms with Crippen LogP contribution in [0.1, 0.15) is 209 Å². The molecule has 4 aromatic rings. The molecule has 4 aromatic carbocycles. The Hall–Kier alpha value is -3.99. The van der Waals surface area contributed by atoms with Gasteiger partial charge in [-0.1, -0.05) is 138 Å². The molecule has 2 nitrogen and oxygen atoms in total. The van der Waals surface area contributed by atoms with Gasteiger partial charge in [0.15, 0.2) is 0 Å². The number of hydrogen-bond donors (Lipinski definition) is 0. The number of hydrogen-bond acceptors (Lipinski definition) is 0. The van der Waals surface area contributed by atoms with E-state index in [1.165, 1.54) is 116 Å². The molecule has 0 atom stereocenters. The van der Waals surface area contributed by atoms with Crippen LogP contribution in [-0.4, -0.2) is 4.70 Å². The van der Waals surface area contributed by atoms with Crippen LogP contribution in [-0.2, 0) is 55.0 Å². The maximum atomic E-state index is 12.7. The first-order valence-corrected chi connectivity index (χ1v) is 25.5. The SMILES string of the molecule is CCC#CC1=C(c2cc(CCC)c(CCC)c(CCC)c2)[N+](=[N-])C(c2cc(CCCCC)c(CCCCC)c(CCCCC)c2)=C1CCCCC.[Ni+2].[c-]1ccccc1.[c-]1ccccc1. The smallest absolute Gasteiger partial charge is 0.493 e. The van der Waals surface area contributed by atoms with Crippen LogP contribution >= 0.6 is 0 Å². The van der Waals surface area contributed by atoms with Gasteiger partial charge in [-0.25, -0.2) is 4.70 Å². The Bertz CT molecular complexity index is 1870. The molecule has 0 unspecified atom stereocenters. The summed E-state index contributed by atoms with van der Waals surface area (Å²) in [4.78, 5) is 0. The summed E-state index contributed by atoms with van der Waals surface area (Å²) in [6.45, 7) is 18.2. The fourth-order valence-corrected chi connectivity index (χ4v) is 8.83. The summed E-state index contributed by atoms with van der Waals surface area (Å²) in [6, 6.07) is 34.8. The Morgan fingerprint density at radius 1 is 0.438 bits per heavy atom. The Morgan fingerprint density at radius 2 is 0.828 bits per heavy atom. The average molecular weight is 904 g/mol. The van der Waals surface area contributed by atoms with Gasteiger partial charge in [0.25, 0.3) is 0 Å². The molecule has 0 spiro atoms. The molecule has 0 saturated carbocycles. The van der Waals surface area contributed by atoms with Crippen molar-refractivity contribution in [2.24, 2.45) is 0 Å². The molecule has 348 valence electrons. The number of nitrogens with zero attached hydrogens (tertiary/aromatic N) is 2. The van der Waals surface area contributed by atoms with Crippen molar-refractivity contribution in [1.29, 1.82) is 0 Å². The number of benzene rings is 4. The van der Waals surface area contributed by atoms with Crippen molar-refractivity contribution < 1.29 is 21.2 Å². The minimum absolute atomic E-state index is 0. The molecule has 3 heteroatoms. The van der Waals surface area contributed by atoms with Gasteiger partial charge in [0.2, 0.25) is 11.4 Å². The first-order valence-electron chi connectivity index (χ1n) is 25.5. The number of aryl methyl sites for hydroxylation is 4. The molecule has 1 heterocycles. The maximum Gasteiger partial charge on any atom is 2.00 e. The van der Waals surface area contributed by atoms with Crippen LogP contribution in [0, 0.1) is 24.0 Å². The van der Waals surface area contributed by atoms with Crippen molar-refractivity contribution >= 4 is 11.4 Å². The van der Waals surface area contributed by atoms with E-state index < -0.39 is 0 Å². The summed E-state index contributed by atoms with van der Waals surface area (Å²) in [6.07, 6.45) is 26.5. The fourth-order valence-electron chi connectivity index (χ4n) is 8.83. The van der Waals surface area contributed by atoms with Gasteiger partial charge in [0.1, 0.15) is 5.57 Å². The van der Waals surface area contributed by atoms with Crippen LogP contribution in [0.25, 0.3) is 16.9 Å². The fraction of sp³-hybridized carbons (Fsp3) is 0.508. The van der Waals surface area contributed by atoms with Gasteiger partial charge < -0.3 is 5.53 Å². The molecule has 0 fully saturated rings. The van der Waals surface area contributed by atoms with Crippen molar-refractivity contribution in [3.63, 3.8) is 0 Å². The second-order valence-electron chi connectivity index (χ2n) is 17.3. The molecule has 5 rings (SSSR count). The predicted octanol–water partition coefficient (Wildman–Crippen LogP) is 17.9. The van der Waals surface area contributed by atoms with Crippen molar-refractivity contribution in [3.05, 3.63) is 158 Å². The van der Waals surface area contributed by atoms with E-state index in [4.69, 9.17) is 0 Å². The second kappa shape index (κ2) is 34.4. The Labute approximate surface area is 403 Å². The molecular weight excluding hydrogens is 819 g/mol. The second-order valence-corrected chi connectivity index (χ2v) is 17.3. The molecule has 0 radical (unpaired) electrons. The summed E-state index contributed by atoms with van der Waals surface area (Å²) in [7, 11) is 0. The van der Waals surface area contributed by atoms with Gasteiger partial charge in [0, 0.05) is 23.1 Å². The Morgan fingerprint density at radius 3 is 1.20 bits per heavy atom. The van der Waals surface area contributed by atoms with Gasteiger partial charge in [-0.2, -0.15) is 72.8 Å². The van der Waals surface area contributed by atoms with Gasteiger partial charge in [-0.3, -0.25) is 0 Å². The molecule has 64 heavy (non-hydrogen) atoms. The normalized spacial score (nSPS) is 11.9. The van der Waals surface area contributed by atoms with E-state index in [-0.39, 0.29) is 16.5 Å². The van der Waals surface area contributed by atoms with E-state index in [0.29, 0.717) is 0 Å². The zero-order valence-electron chi connectivity index (χ0n) is 41.6. The van der Waals surface area contributed by atoms with E-state index in [1.807, 2.05) is 60.7 Å². The molecule has 0 aromatic heterocycles. The Kier molecular flexibility index (Phi) is 30.2. The van der Waals surface area contributed by atoms with Crippen LogP contribution in [0.5, 0.6) is 0 Å². The standard InChI is InChI=1S/C49H74N2.2C6H5.Ni/c1-9-17-22-29-40-36-43(37-41(30-23-18-10-2)45(40)32-24-19-11-3)49-47(33-25-20-12-4)46(31-21-13-5)48(51(49)50)42-34-38(26-14-6)44(28-16-8)39(35-42)27-15-7;2*1-2-4-6-5-3-1;/h34-37H,9-20,22-30,32-33H2,1-8H3;2*1-5H;/q;2*-1;+2. The molecule has 0 saturated heterocycles. The third-order valence-electron chi connectivity index (χ3n) is 12.0. The van der Waals surface area contributed by atoms with Gasteiger partial charge in [-0.15, -0.1) is 0 Å². The summed E-state index contributed by atoms with van der Waals surface area (Å²) < 4.78 is 1.60. The molecule has 0 amide bonds. The first kappa shape index (κ1) is 56.1. The zero-order valence-corrected chi connectivity index (χ0v) is 42.5. The van der Waals surface area contributed by atoms with Gasteiger partial charge in [-0.05, 0) is 128 Å². The van der Waals surface area contributed by atoms with Crippen LogP contribution in [0.15, 0.2) is 96.1 Å². The maximum absolute atomic E-state index is 12.7. The third-order valence-corrected chi connectivity index (χ3v) is 12.0. The van der Waals surface area contributed by atoms with E-state index in [9.17, 15) is 5.53 Å². The summed E-state index contributed by atoms with van der Waals surface area (Å²) >= 11 is 0. The van der Waals surface area contributed by atoms with Crippen LogP contribution in [0.2, 0.25) is 0 Å². The van der Waals surface area contributed by atoms with Crippen LogP contribution < -0.4 is 0 Å². The van der Waals surface area contributed by atoms with Crippen LogP contribution in [0.4, 0.5) is 0 Å². The molecular formula is C61H84N2Ni. The summed E-state index contributed by atoms with van der Waals surface area (Å²) in [5.74, 6) is 7.12. The number of unbranched alkanes of at least 4 members (excludes halogenated alkanes) is 8. The molecule has 1 aliphatic rings. The first-order chi connectivity index (χ1) is 30.9. The van der Waals surface area contributed by atoms with Gasteiger partial charge >= 0.3 is 16.5 Å². The van der Waals surface area contributed by atoms with E-state index in [1.54, 1.807) is 10.3 Å². The molecule has 0 N–H and O–H groups in total. The average Bonchev–Trinajstić information content (AvgIpc) is 3.59. The van der Waals surface area contributed by atoms with E-state index in [2.05, 4.69) is 104 Å². The van der Waals surface area contributed by atoms with E-state index in [0.717, 1.165) is 93.2 Å². The van der Waals surface area contributed by atoms with Crippen molar-refractivity contribution in [3.8, 4) is 11.8 Å². The number of allylic oxidation sites excluding steroid dienone is 2. The summed E-state index contributed by atoms with van der Waals surface area (Å²) in [5.41, 5.74) is 28.3. The minimum Gasteiger partial charge on any atom is -0.493 e. The molecule has 0 bridgehead atoms. The van der Waals surface area contributed by atoms with Crippen molar-refractivity contribution in [1.82, 2.24) is 0 Å². The third kappa shape index (κ3) is 18.5.